The second-order valence-electron chi connectivity index (χ2n) is 21.0. The van der Waals surface area contributed by atoms with Crippen LogP contribution in [0.3, 0.4) is 0 Å². The molecule has 11 N–H and O–H groups in total. The topological polar surface area (TPSA) is 200 Å². The summed E-state index contributed by atoms with van der Waals surface area (Å²) in [6, 6.07) is 5.21. The maximum atomic E-state index is 13.8. The molecule has 3 rings (SSSR count). The van der Waals surface area contributed by atoms with Gasteiger partial charge in [0.2, 0.25) is 0 Å². The van der Waals surface area contributed by atoms with Crippen LogP contribution in [0.1, 0.15) is 19.8 Å². The van der Waals surface area contributed by atoms with Gasteiger partial charge in [-0.1, -0.05) is 11.4 Å². The van der Waals surface area contributed by atoms with Crippen molar-refractivity contribution < 1.29 is 253 Å². The fourth-order valence-electron chi connectivity index (χ4n) is 6.54. The van der Waals surface area contributed by atoms with Crippen LogP contribution in [0.25, 0.3) is 0 Å². The van der Waals surface area contributed by atoms with Gasteiger partial charge in [-0.05, 0) is 54.6 Å². The van der Waals surface area contributed by atoms with Crippen LogP contribution in [0.2, 0.25) is 0 Å². The highest BCUT2D eigenvalue weighted by molar-refractivity contribution is 5.99. The molecule has 0 spiro atoms. The van der Waals surface area contributed by atoms with Crippen molar-refractivity contribution in [2.75, 3.05) is 39.5 Å². The number of alkyl halides is 51. The zero-order valence-corrected chi connectivity index (χ0v) is 50.9. The van der Waals surface area contributed by atoms with Crippen molar-refractivity contribution in [1.29, 1.82) is 0 Å². The molecule has 0 saturated heterocycles. The number of hydrogen-bond donors (Lipinski definition) is 8. The molecule has 0 heterocycles. The lowest BCUT2D eigenvalue weighted by Gasteiger charge is -2.39. The molecule has 2 amide bonds. The second kappa shape index (κ2) is 30.8. The molecule has 0 aromatic heterocycles. The largest absolute Gasteiger partial charge is 0.506 e. The van der Waals surface area contributed by atoms with E-state index >= 15 is 0 Å². The highest BCUT2D eigenvalue weighted by Gasteiger charge is 2.95. The molecule has 0 fully saturated rings. The quantitative estimate of drug-likeness (QED) is 0.0127. The third kappa shape index (κ3) is 17.4. The van der Waals surface area contributed by atoms with Gasteiger partial charge in [0.15, 0.2) is 0 Å². The van der Waals surface area contributed by atoms with Gasteiger partial charge in [-0.3, -0.25) is 9.59 Å². The Balaban J connectivity index is 0.00000147. The molecule has 0 saturated carbocycles. The molecule has 3 aromatic carbocycles. The lowest BCUT2D eigenvalue weighted by molar-refractivity contribution is -0.440. The van der Waals surface area contributed by atoms with E-state index in [1.54, 1.807) is 0 Å². The standard InChI is InChI=1S/C14H10F14N2O.2C13H7F13N2O2.C8H6F12/c15-9(16,3-4-30(28)6-1-2-8(31)7(29)5-6)10(17,18)11(19,20)12(21,22)13(23,24)14(25,26)27;14-8(15,7(30)28-4-1-2-6(29)5(27)3-4)9(16,17)10(18,19)11(20,21)12(22,23)13(24,25)26;14-8(15,7(30)28-5-3-4(27)1-2-6(5)29)9(16,17)10(18,19)11(20,21)12(22,23)13(24,25)26;1-2-4(11,12)6(15,16)8(19,20)7(17,18)5(13,14)3(9)10/h1-2,5,31H,3-4,29H2;2*1-3,29H,27H2,(H,28,30);3H,2H2,1H3. The molecule has 0 bridgehead atoms. The molecule has 63 heteroatoms. The third-order valence-corrected chi connectivity index (χ3v) is 13.3. The van der Waals surface area contributed by atoms with E-state index in [0.29, 0.717) is 53.8 Å². The highest BCUT2D eigenvalue weighted by Crippen LogP contribution is 2.65. The van der Waals surface area contributed by atoms with Crippen LogP contribution in [0, 0.1) is 0 Å². The van der Waals surface area contributed by atoms with Gasteiger partial charge < -0.3 is 43.2 Å². The summed E-state index contributed by atoms with van der Waals surface area (Å²) in [5, 5.41) is 28.1. The number of phenolic OH excluding ortho intramolecular Hbond substituents is 3. The van der Waals surface area contributed by atoms with Gasteiger partial charge in [0.05, 0.1) is 29.3 Å². The molecule has 0 radical (unpaired) electrons. The van der Waals surface area contributed by atoms with Crippen LogP contribution in [0.15, 0.2) is 54.6 Å². The van der Waals surface area contributed by atoms with Crippen molar-refractivity contribution in [3.8, 4) is 17.2 Å². The molecule has 0 aliphatic heterocycles. The van der Waals surface area contributed by atoms with Crippen molar-refractivity contribution in [3.63, 3.8) is 0 Å². The number of anilines is 6. The molecule has 0 aliphatic carbocycles. The van der Waals surface area contributed by atoms with Gasteiger partial charge in [0.1, 0.15) is 17.2 Å². The number of nitrogens with one attached hydrogen (secondary N) is 2. The molecule has 646 valence electrons. The van der Waals surface area contributed by atoms with E-state index in [-0.39, 0.29) is 6.92 Å². The maximum Gasteiger partial charge on any atom is 0.460 e. The minimum absolute atomic E-state index is 0.188. The number of nitrogens with two attached hydrogens (primary N) is 3. The number of phenols is 3. The molecule has 0 atom stereocenters. The number of benzene rings is 3. The predicted octanol–water partition coefficient (Wildman–Crippen LogP) is 19.9. The first-order valence-corrected chi connectivity index (χ1v) is 26.0. The SMILES string of the molecule is CCC(F)(F)C(F)(F)C(F)(F)C(F)(F)C(F)(F)C(F)F.Nc1cc(N(F)CCC(F)(F)C(F)(F)C(F)(F)C(F)(F)C(F)(F)C(F)(F)F)ccc1O.Nc1cc(NC(=O)C(F)(F)C(F)(F)C(F)(F)C(F)(F)C(F)(F)C(F)(F)F)ccc1O.Nc1ccc(O)c(NC(=O)C(F)(F)C(F)(F)C(F)(F)C(F)(F)C(F)(F)C(F)(F)F)c1. The Labute approximate surface area is 574 Å². The average Bonchev–Trinajstić information content (AvgIpc) is 0.725. The van der Waals surface area contributed by atoms with E-state index in [0.717, 1.165) is 11.4 Å². The Morgan fingerprint density at radius 1 is 0.360 bits per heavy atom. The Hall–Kier alpha value is -8.44. The Kier molecular flexibility index (Phi) is 28.5. The second-order valence-corrected chi connectivity index (χ2v) is 21.0. The third-order valence-electron chi connectivity index (χ3n) is 13.3. The maximum absolute atomic E-state index is 13.8. The summed E-state index contributed by atoms with van der Waals surface area (Å²) in [5.74, 6) is -159. The van der Waals surface area contributed by atoms with E-state index in [4.69, 9.17) is 27.4 Å². The number of nitrogens with zero attached hydrogens (tertiary/aromatic N) is 1. The minimum Gasteiger partial charge on any atom is -0.506 e. The molecular formula is C48H30F52N6O5. The fourth-order valence-corrected chi connectivity index (χ4v) is 6.54. The van der Waals surface area contributed by atoms with Crippen LogP contribution in [0.5, 0.6) is 17.2 Å². The molecule has 0 aliphatic rings. The average molecular weight is 1760 g/mol. The summed E-state index contributed by atoms with van der Waals surface area (Å²) in [5.41, 5.74) is 10.6. The van der Waals surface area contributed by atoms with Crippen LogP contribution >= 0.6 is 0 Å². The van der Waals surface area contributed by atoms with Gasteiger partial charge in [-0.15, -0.1) is 0 Å². The summed E-state index contributed by atoms with van der Waals surface area (Å²) in [6.07, 6.45) is -32.9. The molecule has 3 aromatic rings. The van der Waals surface area contributed by atoms with Crippen molar-refractivity contribution in [2.24, 2.45) is 0 Å². The van der Waals surface area contributed by atoms with Crippen LogP contribution in [-0.2, 0) is 9.59 Å². The van der Waals surface area contributed by atoms with E-state index in [1.807, 2.05) is 0 Å². The number of rotatable bonds is 26. The normalized spacial score (nSPS) is 14.8. The summed E-state index contributed by atoms with van der Waals surface area (Å²) in [6.45, 7) is -1.77. The number of carbonyl (C=O) groups excluding carboxylic acids is 2. The van der Waals surface area contributed by atoms with Gasteiger partial charge in [0.25, 0.3) is 0 Å². The minimum atomic E-state index is -8.12. The zero-order valence-electron chi connectivity index (χ0n) is 50.9. The fraction of sp³-hybridized carbons (Fsp3) is 0.583. The van der Waals surface area contributed by atoms with Crippen molar-refractivity contribution in [2.45, 2.75) is 163 Å². The summed E-state index contributed by atoms with van der Waals surface area (Å²) in [4.78, 5) is 22.5. The smallest absolute Gasteiger partial charge is 0.460 e. The first kappa shape index (κ1) is 103. The van der Waals surface area contributed by atoms with Crippen LogP contribution < -0.4 is 33.0 Å². The monoisotopic (exact) mass is 1760 g/mol. The summed E-state index contributed by atoms with van der Waals surface area (Å²) >= 11 is 0. The molecular weight excluding hydrogens is 1730 g/mol. The number of hydrogen-bond acceptors (Lipinski definition) is 9. The number of nitrogen functional groups attached to an aromatic ring is 3. The lowest BCUT2D eigenvalue weighted by Crippen LogP contribution is -2.71. The Morgan fingerprint density at radius 3 is 0.964 bits per heavy atom. The number of amides is 2. The first-order valence-electron chi connectivity index (χ1n) is 26.0. The summed E-state index contributed by atoms with van der Waals surface area (Å²) in [7, 11) is 0. The Morgan fingerprint density at radius 2 is 0.649 bits per heavy atom. The lowest BCUT2D eigenvalue weighted by atomic mass is 9.92. The van der Waals surface area contributed by atoms with Crippen LogP contribution in [0.4, 0.5) is 263 Å². The van der Waals surface area contributed by atoms with E-state index in [9.17, 15) is 243 Å². The Bertz CT molecular complexity index is 3700. The van der Waals surface area contributed by atoms with Gasteiger partial charge in [-0.2, -0.15) is 215 Å². The van der Waals surface area contributed by atoms with E-state index in [1.165, 1.54) is 0 Å². The van der Waals surface area contributed by atoms with E-state index in [2.05, 4.69) is 0 Å². The predicted molar refractivity (Wildman–Crippen MR) is 261 cm³/mol. The number of halogens is 52. The van der Waals surface area contributed by atoms with E-state index < -0.39 is 231 Å². The van der Waals surface area contributed by atoms with Crippen LogP contribution in [-0.4, -0.2) is 177 Å². The molecule has 11 nitrogen and oxygen atoms in total. The van der Waals surface area contributed by atoms with Gasteiger partial charge in [-0.25, -0.2) is 13.9 Å². The molecule has 0 unspecified atom stereocenters. The molecule has 111 heavy (non-hydrogen) atoms. The van der Waals surface area contributed by atoms with Crippen molar-refractivity contribution in [3.05, 3.63) is 54.6 Å². The number of aromatic hydroxyl groups is 3. The zero-order chi connectivity index (χ0) is 89.9. The first-order chi connectivity index (χ1) is 48.2. The number of carbonyl (C=O) groups is 2. The van der Waals surface area contributed by atoms with Crippen molar-refractivity contribution >= 4 is 45.9 Å². The van der Waals surface area contributed by atoms with Crippen molar-refractivity contribution in [1.82, 2.24) is 0 Å². The highest BCUT2D eigenvalue weighted by atomic mass is 19.5. The van der Waals surface area contributed by atoms with Gasteiger partial charge >= 0.3 is 155 Å². The van der Waals surface area contributed by atoms with Gasteiger partial charge in [0, 0.05) is 24.2 Å². The summed E-state index contributed by atoms with van der Waals surface area (Å²) < 4.78 is 667.